The summed E-state index contributed by atoms with van der Waals surface area (Å²) in [7, 11) is 0. The Hall–Kier alpha value is -0.440. The van der Waals surface area contributed by atoms with Gasteiger partial charge >= 0.3 is 0 Å². The predicted molar refractivity (Wildman–Crippen MR) is 70.6 cm³/mol. The van der Waals surface area contributed by atoms with Crippen LogP contribution in [0.25, 0.3) is 0 Å². The molecule has 2 aliphatic heterocycles. The van der Waals surface area contributed by atoms with Gasteiger partial charge in [-0.05, 0) is 0 Å². The quantitative estimate of drug-likeness (QED) is 0.243. The molecule has 10 atom stereocenters. The first-order chi connectivity index (χ1) is 10.8. The third kappa shape index (κ3) is 3.65. The van der Waals surface area contributed by atoms with Gasteiger partial charge in [-0.25, -0.2) is 0 Å². The van der Waals surface area contributed by atoms with E-state index in [-0.39, 0.29) is 0 Å². The molecule has 2 fully saturated rings. The third-order valence-electron chi connectivity index (χ3n) is 4.06. The van der Waals surface area contributed by atoms with E-state index >= 15 is 0 Å². The smallest absolute Gasteiger partial charge is 0.187 e. The second-order valence-corrected chi connectivity index (χ2v) is 5.61. The molecule has 9 N–H and O–H groups in total. The third-order valence-corrected chi connectivity index (χ3v) is 4.06. The van der Waals surface area contributed by atoms with Gasteiger partial charge < -0.3 is 55.7 Å². The Bertz CT molecular complexity index is 385. The summed E-state index contributed by atoms with van der Waals surface area (Å²) in [6.45, 7) is -1.26. The summed E-state index contributed by atoms with van der Waals surface area (Å²) in [5.74, 6) is 0. The summed E-state index contributed by atoms with van der Waals surface area (Å²) in [6.07, 6.45) is -13.0. The molecule has 136 valence electrons. The minimum Gasteiger partial charge on any atom is -0.394 e. The molecular formula is C12H23NO10. The van der Waals surface area contributed by atoms with Crippen molar-refractivity contribution in [2.24, 2.45) is 5.73 Å². The van der Waals surface area contributed by atoms with Crippen molar-refractivity contribution < 1.29 is 50.0 Å². The second kappa shape index (κ2) is 7.63. The maximum atomic E-state index is 10.1. The molecule has 0 radical (unpaired) electrons. The average molecular weight is 341 g/mol. The minimum absolute atomic E-state index is 0.612. The van der Waals surface area contributed by atoms with Crippen molar-refractivity contribution in [2.75, 3.05) is 13.2 Å². The van der Waals surface area contributed by atoms with Gasteiger partial charge in [-0.2, -0.15) is 0 Å². The van der Waals surface area contributed by atoms with Crippen LogP contribution in [-0.4, -0.2) is 110 Å². The number of nitrogens with two attached hydrogens (primary N) is 1. The van der Waals surface area contributed by atoms with Gasteiger partial charge in [-0.1, -0.05) is 0 Å². The molecular weight excluding hydrogens is 318 g/mol. The maximum absolute atomic E-state index is 10.1. The number of aliphatic hydroxyl groups is 7. The van der Waals surface area contributed by atoms with E-state index in [9.17, 15) is 25.5 Å². The van der Waals surface area contributed by atoms with Crippen molar-refractivity contribution in [2.45, 2.75) is 61.3 Å². The monoisotopic (exact) mass is 341 g/mol. The summed E-state index contributed by atoms with van der Waals surface area (Å²) in [4.78, 5) is 0. The Kier molecular flexibility index (Phi) is 6.27. The molecule has 0 spiro atoms. The zero-order valence-corrected chi connectivity index (χ0v) is 12.1. The van der Waals surface area contributed by atoms with Crippen molar-refractivity contribution in [3.8, 4) is 0 Å². The van der Waals surface area contributed by atoms with Crippen LogP contribution in [0.5, 0.6) is 0 Å². The van der Waals surface area contributed by atoms with E-state index in [2.05, 4.69) is 0 Å². The van der Waals surface area contributed by atoms with Crippen LogP contribution < -0.4 is 5.73 Å². The largest absolute Gasteiger partial charge is 0.394 e. The molecule has 2 rings (SSSR count). The van der Waals surface area contributed by atoms with Crippen LogP contribution >= 0.6 is 0 Å². The molecule has 0 unspecified atom stereocenters. The normalized spacial score (nSPS) is 51.7. The molecule has 11 heteroatoms. The van der Waals surface area contributed by atoms with Gasteiger partial charge in [0, 0.05) is 0 Å². The molecule has 0 saturated carbocycles. The van der Waals surface area contributed by atoms with Crippen molar-refractivity contribution in [3.63, 3.8) is 0 Å². The van der Waals surface area contributed by atoms with Gasteiger partial charge in [0.2, 0.25) is 0 Å². The zero-order valence-electron chi connectivity index (χ0n) is 12.1. The van der Waals surface area contributed by atoms with Crippen LogP contribution in [0.3, 0.4) is 0 Å². The fraction of sp³-hybridized carbons (Fsp3) is 1.00. The lowest BCUT2D eigenvalue weighted by Crippen LogP contribution is -2.66. The highest BCUT2D eigenvalue weighted by Crippen LogP contribution is 2.27. The maximum Gasteiger partial charge on any atom is 0.187 e. The Morgan fingerprint density at radius 3 is 1.91 bits per heavy atom. The van der Waals surface area contributed by atoms with E-state index in [1.54, 1.807) is 0 Å². The van der Waals surface area contributed by atoms with Crippen LogP contribution in [0.4, 0.5) is 0 Å². The summed E-state index contributed by atoms with van der Waals surface area (Å²) in [6, 6.07) is -1.22. The lowest BCUT2D eigenvalue weighted by molar-refractivity contribution is -0.340. The Morgan fingerprint density at radius 2 is 1.35 bits per heavy atom. The lowest BCUT2D eigenvalue weighted by atomic mass is 9.96. The van der Waals surface area contributed by atoms with Crippen LogP contribution in [0.1, 0.15) is 0 Å². The lowest BCUT2D eigenvalue weighted by Gasteiger charge is -2.45. The topological polar surface area (TPSA) is 195 Å². The number of hydrogen-bond acceptors (Lipinski definition) is 11. The molecule has 2 aliphatic rings. The molecule has 0 aliphatic carbocycles. The molecule has 2 heterocycles. The number of hydrogen-bond donors (Lipinski definition) is 8. The van der Waals surface area contributed by atoms with Crippen molar-refractivity contribution in [1.82, 2.24) is 0 Å². The number of ether oxygens (including phenoxy) is 3. The van der Waals surface area contributed by atoms with Crippen LogP contribution in [0, 0.1) is 0 Å². The fourth-order valence-electron chi connectivity index (χ4n) is 2.61. The molecule has 23 heavy (non-hydrogen) atoms. The predicted octanol–water partition coefficient (Wildman–Crippen LogP) is -5.43. The molecule has 0 aromatic heterocycles. The van der Waals surface area contributed by atoms with Gasteiger partial charge in [0.05, 0.1) is 19.3 Å². The number of rotatable bonds is 4. The number of aliphatic hydroxyl groups excluding tert-OH is 7. The molecule has 2 saturated heterocycles. The highest BCUT2D eigenvalue weighted by atomic mass is 16.7. The van der Waals surface area contributed by atoms with E-state index < -0.39 is 74.6 Å². The van der Waals surface area contributed by atoms with E-state index in [1.165, 1.54) is 0 Å². The van der Waals surface area contributed by atoms with E-state index in [0.717, 1.165) is 0 Å². The first kappa shape index (κ1) is 18.9. The molecule has 11 nitrogen and oxygen atoms in total. The average Bonchev–Trinajstić information content (AvgIpc) is 2.54. The highest BCUT2D eigenvalue weighted by molar-refractivity contribution is 4.95. The van der Waals surface area contributed by atoms with Crippen LogP contribution in [0.2, 0.25) is 0 Å². The van der Waals surface area contributed by atoms with Gasteiger partial charge in [-0.3, -0.25) is 0 Å². The first-order valence-corrected chi connectivity index (χ1v) is 7.15. The van der Waals surface area contributed by atoms with Gasteiger partial charge in [0.15, 0.2) is 12.6 Å². The SMILES string of the molecule is N[C@@H]1[C@@H](O[C@@H]2O[C@H](CO)[C@@H](O)[C@H](O)[C@H]2O)[C@@H](O)[C@@H](CO)O[C@@H]1O. The Morgan fingerprint density at radius 1 is 0.783 bits per heavy atom. The van der Waals surface area contributed by atoms with E-state index in [0.29, 0.717) is 0 Å². The summed E-state index contributed by atoms with van der Waals surface area (Å²) in [5.41, 5.74) is 5.68. The Labute approximate surface area is 131 Å². The first-order valence-electron chi connectivity index (χ1n) is 7.15. The minimum atomic E-state index is -1.68. The van der Waals surface area contributed by atoms with Gasteiger partial charge in [-0.15, -0.1) is 0 Å². The molecule has 0 amide bonds. The van der Waals surface area contributed by atoms with Crippen molar-refractivity contribution in [1.29, 1.82) is 0 Å². The van der Waals surface area contributed by atoms with E-state index in [4.69, 9.17) is 30.2 Å². The molecule has 0 bridgehead atoms. The zero-order chi connectivity index (χ0) is 17.3. The standard InChI is InChI=1S/C12H23NO10/c13-5-10(7(17)4(2-15)21-11(5)20)23-12-9(19)8(18)6(16)3(1-14)22-12/h3-12,14-20H,1-2,13H2/t3-,4-,5-,6-,7+,8+,9-,10-,11+,12+/m1/s1. The summed E-state index contributed by atoms with van der Waals surface area (Å²) in [5, 5.41) is 67.3. The molecule has 0 aromatic carbocycles. The Balaban J connectivity index is 2.11. The molecule has 0 aromatic rings. The van der Waals surface area contributed by atoms with Crippen molar-refractivity contribution >= 4 is 0 Å². The van der Waals surface area contributed by atoms with Crippen LogP contribution in [0.15, 0.2) is 0 Å². The summed E-state index contributed by atoms with van der Waals surface area (Å²) < 4.78 is 15.4. The highest BCUT2D eigenvalue weighted by Gasteiger charge is 2.49. The fourth-order valence-corrected chi connectivity index (χ4v) is 2.61. The van der Waals surface area contributed by atoms with E-state index in [1.807, 2.05) is 0 Å². The summed E-state index contributed by atoms with van der Waals surface area (Å²) >= 11 is 0. The second-order valence-electron chi connectivity index (χ2n) is 5.61. The van der Waals surface area contributed by atoms with Gasteiger partial charge in [0.1, 0.15) is 42.7 Å². The van der Waals surface area contributed by atoms with Crippen LogP contribution in [-0.2, 0) is 14.2 Å². The van der Waals surface area contributed by atoms with Crippen molar-refractivity contribution in [3.05, 3.63) is 0 Å². The van der Waals surface area contributed by atoms with Gasteiger partial charge in [0.25, 0.3) is 0 Å².